The number of phenols is 1. The molecule has 0 unspecified atom stereocenters. The lowest BCUT2D eigenvalue weighted by atomic mass is 10.1. The van der Waals surface area contributed by atoms with E-state index >= 15 is 0 Å². The van der Waals surface area contributed by atoms with Gasteiger partial charge in [-0.2, -0.15) is 8.78 Å². The molecule has 1 amide bonds. The number of hydrogen-bond donors (Lipinski definition) is 1. The lowest BCUT2D eigenvalue weighted by Crippen LogP contribution is -2.37. The maximum Gasteiger partial charge on any atom is 0.349 e. The maximum absolute atomic E-state index is 13.5. The van der Waals surface area contributed by atoms with Gasteiger partial charge in [0.2, 0.25) is 0 Å². The third-order valence-electron chi connectivity index (χ3n) is 1.90. The number of phenolic OH excluding ortho intramolecular Hbond substituents is 1. The summed E-state index contributed by atoms with van der Waals surface area (Å²) in [7, 11) is 2.52. The maximum atomic E-state index is 13.5. The fourth-order valence-corrected chi connectivity index (χ4v) is 1.08. The number of likely N-dealkylation sites (N-methyl/N-ethyl adjacent to an activating group) is 1. The molecule has 82 valence electrons. The first kappa shape index (κ1) is 11.4. The summed E-state index contributed by atoms with van der Waals surface area (Å²) < 4.78 is 26.9. The largest absolute Gasteiger partial charge is 0.508 e. The van der Waals surface area contributed by atoms with Crippen molar-refractivity contribution in [3.63, 3.8) is 0 Å². The van der Waals surface area contributed by atoms with E-state index in [1.165, 1.54) is 14.1 Å². The summed E-state index contributed by atoms with van der Waals surface area (Å²) in [6, 6.07) is 4.28. The molecule has 1 N–H and O–H groups in total. The highest BCUT2D eigenvalue weighted by molar-refractivity contribution is 5.84. The average Bonchev–Trinajstić information content (AvgIpc) is 2.17. The van der Waals surface area contributed by atoms with Gasteiger partial charge in [0.25, 0.3) is 5.91 Å². The van der Waals surface area contributed by atoms with Crippen molar-refractivity contribution in [3.8, 4) is 5.75 Å². The van der Waals surface area contributed by atoms with E-state index in [-0.39, 0.29) is 5.75 Å². The van der Waals surface area contributed by atoms with E-state index in [1.54, 1.807) is 0 Å². The molecule has 0 heterocycles. The molecule has 0 spiro atoms. The Morgan fingerprint density at radius 2 is 1.73 bits per heavy atom. The van der Waals surface area contributed by atoms with Gasteiger partial charge in [0.15, 0.2) is 0 Å². The van der Waals surface area contributed by atoms with Crippen LogP contribution in [0.5, 0.6) is 5.75 Å². The van der Waals surface area contributed by atoms with Crippen LogP contribution in [0.4, 0.5) is 8.78 Å². The van der Waals surface area contributed by atoms with Crippen molar-refractivity contribution < 1.29 is 18.7 Å². The Morgan fingerprint density at radius 3 is 2.13 bits per heavy atom. The molecule has 0 atom stereocenters. The fraction of sp³-hybridized carbons (Fsp3) is 0.300. The summed E-state index contributed by atoms with van der Waals surface area (Å²) in [5.74, 6) is -4.96. The van der Waals surface area contributed by atoms with E-state index in [0.717, 1.165) is 29.2 Å². The molecular formula is C10H11F2NO2. The molecule has 1 aromatic carbocycles. The second-order valence-electron chi connectivity index (χ2n) is 3.32. The smallest absolute Gasteiger partial charge is 0.349 e. The molecule has 0 aliphatic heterocycles. The van der Waals surface area contributed by atoms with Crippen LogP contribution in [-0.2, 0) is 10.7 Å². The van der Waals surface area contributed by atoms with Crippen molar-refractivity contribution in [3.05, 3.63) is 29.8 Å². The number of carbonyl (C=O) groups is 1. The lowest BCUT2D eigenvalue weighted by Gasteiger charge is -2.19. The number of rotatable bonds is 2. The van der Waals surface area contributed by atoms with Crippen LogP contribution in [0.1, 0.15) is 5.56 Å². The van der Waals surface area contributed by atoms with Crippen molar-refractivity contribution in [1.82, 2.24) is 4.90 Å². The Balaban J connectivity index is 3.05. The second kappa shape index (κ2) is 3.84. The van der Waals surface area contributed by atoms with Gasteiger partial charge in [0.05, 0.1) is 0 Å². The highest BCUT2D eigenvalue weighted by atomic mass is 19.3. The Morgan fingerprint density at radius 1 is 1.27 bits per heavy atom. The van der Waals surface area contributed by atoms with Crippen molar-refractivity contribution in [2.24, 2.45) is 0 Å². The number of benzene rings is 1. The summed E-state index contributed by atoms with van der Waals surface area (Å²) in [5, 5.41) is 8.93. The van der Waals surface area contributed by atoms with E-state index in [9.17, 15) is 13.6 Å². The van der Waals surface area contributed by atoms with Gasteiger partial charge in [0.1, 0.15) is 5.75 Å². The zero-order valence-corrected chi connectivity index (χ0v) is 8.37. The molecule has 0 bridgehead atoms. The minimum absolute atomic E-state index is 0.119. The van der Waals surface area contributed by atoms with Crippen LogP contribution in [-0.4, -0.2) is 30.0 Å². The number of halogens is 2. The first-order valence-electron chi connectivity index (χ1n) is 4.25. The highest BCUT2D eigenvalue weighted by Crippen LogP contribution is 2.30. The molecule has 3 nitrogen and oxygen atoms in total. The zero-order valence-electron chi connectivity index (χ0n) is 8.37. The molecule has 1 rings (SSSR count). The predicted molar refractivity (Wildman–Crippen MR) is 50.7 cm³/mol. The van der Waals surface area contributed by atoms with Crippen molar-refractivity contribution in [2.45, 2.75) is 5.92 Å². The van der Waals surface area contributed by atoms with Gasteiger partial charge in [-0.15, -0.1) is 0 Å². The van der Waals surface area contributed by atoms with Gasteiger partial charge in [-0.3, -0.25) is 4.79 Å². The van der Waals surface area contributed by atoms with Crippen LogP contribution in [0.25, 0.3) is 0 Å². The average molecular weight is 215 g/mol. The number of aromatic hydroxyl groups is 1. The number of alkyl halides is 2. The number of carbonyl (C=O) groups excluding carboxylic acids is 1. The van der Waals surface area contributed by atoms with E-state index in [2.05, 4.69) is 0 Å². The van der Waals surface area contributed by atoms with Crippen LogP contribution in [0.15, 0.2) is 24.3 Å². The van der Waals surface area contributed by atoms with Gasteiger partial charge in [0, 0.05) is 19.7 Å². The summed E-state index contributed by atoms with van der Waals surface area (Å²) in [5.41, 5.74) is -0.431. The van der Waals surface area contributed by atoms with E-state index in [1.807, 2.05) is 0 Å². The molecule has 1 aromatic rings. The fourth-order valence-electron chi connectivity index (χ4n) is 1.08. The molecule has 0 aromatic heterocycles. The topological polar surface area (TPSA) is 40.5 Å². The zero-order chi connectivity index (χ0) is 11.6. The minimum Gasteiger partial charge on any atom is -0.508 e. The van der Waals surface area contributed by atoms with E-state index in [0.29, 0.717) is 0 Å². The molecule has 0 fully saturated rings. The molecule has 0 saturated carbocycles. The van der Waals surface area contributed by atoms with Crippen LogP contribution in [0.3, 0.4) is 0 Å². The molecule has 5 heteroatoms. The summed E-state index contributed by atoms with van der Waals surface area (Å²) in [6.07, 6.45) is 0. The molecule has 0 aliphatic carbocycles. The monoisotopic (exact) mass is 215 g/mol. The Bertz CT molecular complexity index is 360. The third-order valence-corrected chi connectivity index (χ3v) is 1.90. The quantitative estimate of drug-likeness (QED) is 0.813. The first-order chi connectivity index (χ1) is 6.85. The van der Waals surface area contributed by atoms with Gasteiger partial charge in [-0.25, -0.2) is 0 Å². The van der Waals surface area contributed by atoms with Crippen molar-refractivity contribution in [2.75, 3.05) is 14.1 Å². The van der Waals surface area contributed by atoms with Crippen molar-refractivity contribution in [1.29, 1.82) is 0 Å². The number of amides is 1. The van der Waals surface area contributed by atoms with E-state index < -0.39 is 17.4 Å². The van der Waals surface area contributed by atoms with Crippen LogP contribution >= 0.6 is 0 Å². The Labute approximate surface area is 85.9 Å². The molecule has 0 saturated heterocycles. The standard InChI is InChI=1S/C10H11F2NO2/c1-13(2)9(15)10(11,12)7-3-5-8(14)6-4-7/h3-6,14H,1-2H3. The second-order valence-corrected chi connectivity index (χ2v) is 3.32. The van der Waals surface area contributed by atoms with Gasteiger partial charge in [-0.05, 0) is 24.3 Å². The Kier molecular flexibility index (Phi) is 2.93. The molecular weight excluding hydrogens is 204 g/mol. The third kappa shape index (κ3) is 2.23. The van der Waals surface area contributed by atoms with Gasteiger partial charge in [-0.1, -0.05) is 0 Å². The normalized spacial score (nSPS) is 11.2. The molecule has 15 heavy (non-hydrogen) atoms. The lowest BCUT2D eigenvalue weighted by molar-refractivity contribution is -0.156. The van der Waals surface area contributed by atoms with Crippen LogP contribution < -0.4 is 0 Å². The molecule has 0 aliphatic rings. The number of hydrogen-bond acceptors (Lipinski definition) is 2. The number of nitrogens with zero attached hydrogens (tertiary/aromatic N) is 1. The summed E-state index contributed by atoms with van der Waals surface area (Å²) >= 11 is 0. The molecule has 0 radical (unpaired) electrons. The van der Waals surface area contributed by atoms with Gasteiger partial charge < -0.3 is 10.0 Å². The van der Waals surface area contributed by atoms with Crippen molar-refractivity contribution >= 4 is 5.91 Å². The Hall–Kier alpha value is -1.65. The SMILES string of the molecule is CN(C)C(=O)C(F)(F)c1ccc(O)cc1. The predicted octanol–water partition coefficient (Wildman–Crippen LogP) is 1.57. The van der Waals surface area contributed by atoms with Crippen LogP contribution in [0.2, 0.25) is 0 Å². The summed E-state index contributed by atoms with van der Waals surface area (Å²) in [6.45, 7) is 0. The van der Waals surface area contributed by atoms with E-state index in [4.69, 9.17) is 5.11 Å². The highest BCUT2D eigenvalue weighted by Gasteiger charge is 2.41. The summed E-state index contributed by atoms with van der Waals surface area (Å²) in [4.78, 5) is 12.0. The van der Waals surface area contributed by atoms with Crippen LogP contribution in [0, 0.1) is 0 Å². The van der Waals surface area contributed by atoms with Gasteiger partial charge >= 0.3 is 5.92 Å². The minimum atomic E-state index is -3.56. The first-order valence-corrected chi connectivity index (χ1v) is 4.25.